The van der Waals surface area contributed by atoms with E-state index in [0.717, 1.165) is 49.0 Å². The SMILES string of the molecule is C=C(C)SC(=C)c1ccc2cnc(NC(=C)c3ccc(OC(C)C)cc3)cc2c1. The number of allylic oxidation sites excluding steroid dienone is 1. The van der Waals surface area contributed by atoms with E-state index in [1.165, 1.54) is 0 Å². The Balaban J connectivity index is 1.77. The van der Waals surface area contributed by atoms with Crippen molar-refractivity contribution in [3.8, 4) is 5.75 Å². The Hall–Kier alpha value is -2.98. The Morgan fingerprint density at radius 1 is 0.966 bits per heavy atom. The van der Waals surface area contributed by atoms with Crippen LogP contribution < -0.4 is 10.1 Å². The molecule has 0 saturated carbocycles. The smallest absolute Gasteiger partial charge is 0.130 e. The predicted octanol–water partition coefficient (Wildman–Crippen LogP) is 7.34. The van der Waals surface area contributed by atoms with Crippen molar-refractivity contribution in [1.82, 2.24) is 4.98 Å². The summed E-state index contributed by atoms with van der Waals surface area (Å²) in [6, 6.07) is 16.2. The molecule has 4 heteroatoms. The third kappa shape index (κ3) is 5.52. The molecule has 29 heavy (non-hydrogen) atoms. The van der Waals surface area contributed by atoms with Crippen LogP contribution in [0.25, 0.3) is 21.4 Å². The molecule has 0 aliphatic carbocycles. The maximum absolute atomic E-state index is 5.69. The van der Waals surface area contributed by atoms with E-state index in [4.69, 9.17) is 4.74 Å². The molecule has 0 radical (unpaired) electrons. The molecule has 0 unspecified atom stereocenters. The second-order valence-electron chi connectivity index (χ2n) is 7.15. The minimum absolute atomic E-state index is 0.152. The van der Waals surface area contributed by atoms with E-state index in [9.17, 15) is 0 Å². The number of benzene rings is 2. The van der Waals surface area contributed by atoms with Crippen LogP contribution in [0.5, 0.6) is 5.75 Å². The zero-order valence-electron chi connectivity index (χ0n) is 17.2. The zero-order valence-corrected chi connectivity index (χ0v) is 18.0. The van der Waals surface area contributed by atoms with Crippen molar-refractivity contribution in [2.24, 2.45) is 0 Å². The number of anilines is 1. The Morgan fingerprint density at radius 3 is 2.31 bits per heavy atom. The van der Waals surface area contributed by atoms with Gasteiger partial charge in [-0.1, -0.05) is 43.6 Å². The fraction of sp³-hybridized carbons (Fsp3) is 0.160. The van der Waals surface area contributed by atoms with Gasteiger partial charge in [0.15, 0.2) is 0 Å². The molecule has 3 rings (SSSR count). The summed E-state index contributed by atoms with van der Waals surface area (Å²) in [4.78, 5) is 6.52. The van der Waals surface area contributed by atoms with E-state index in [0.29, 0.717) is 0 Å². The van der Waals surface area contributed by atoms with Gasteiger partial charge in [-0.2, -0.15) is 0 Å². The van der Waals surface area contributed by atoms with E-state index in [1.54, 1.807) is 11.8 Å². The molecule has 3 aromatic rings. The van der Waals surface area contributed by atoms with E-state index < -0.39 is 0 Å². The van der Waals surface area contributed by atoms with Gasteiger partial charge >= 0.3 is 0 Å². The fourth-order valence-corrected chi connectivity index (χ4v) is 3.55. The predicted molar refractivity (Wildman–Crippen MR) is 128 cm³/mol. The highest BCUT2D eigenvalue weighted by atomic mass is 32.2. The van der Waals surface area contributed by atoms with Crippen LogP contribution in [0.2, 0.25) is 0 Å². The summed E-state index contributed by atoms with van der Waals surface area (Å²) in [6.07, 6.45) is 2.02. The average Bonchev–Trinajstić information content (AvgIpc) is 2.67. The van der Waals surface area contributed by atoms with Gasteiger partial charge in [-0.3, -0.25) is 0 Å². The quantitative estimate of drug-likeness (QED) is 0.427. The minimum Gasteiger partial charge on any atom is -0.491 e. The molecule has 148 valence electrons. The van der Waals surface area contributed by atoms with Gasteiger partial charge in [0.2, 0.25) is 0 Å². The largest absolute Gasteiger partial charge is 0.491 e. The number of pyridine rings is 1. The number of aromatic nitrogens is 1. The maximum atomic E-state index is 5.69. The first-order chi connectivity index (χ1) is 13.8. The van der Waals surface area contributed by atoms with Gasteiger partial charge in [-0.25, -0.2) is 4.98 Å². The summed E-state index contributed by atoms with van der Waals surface area (Å²) in [6.45, 7) is 18.3. The highest BCUT2D eigenvalue weighted by Crippen LogP contribution is 2.32. The number of nitrogens with zero attached hydrogens (tertiary/aromatic N) is 1. The van der Waals surface area contributed by atoms with Crippen LogP contribution in [-0.2, 0) is 0 Å². The van der Waals surface area contributed by atoms with Crippen LogP contribution in [0.1, 0.15) is 31.9 Å². The average molecular weight is 403 g/mol. The molecule has 0 aliphatic heterocycles. The van der Waals surface area contributed by atoms with Crippen molar-refractivity contribution in [2.45, 2.75) is 26.9 Å². The summed E-state index contributed by atoms with van der Waals surface area (Å²) in [5.41, 5.74) is 2.86. The number of thioether (sulfide) groups is 1. The van der Waals surface area contributed by atoms with Crippen molar-refractivity contribution in [2.75, 3.05) is 5.32 Å². The van der Waals surface area contributed by atoms with Crippen LogP contribution in [0, 0.1) is 0 Å². The molecule has 0 aliphatic rings. The molecule has 2 aromatic carbocycles. The van der Waals surface area contributed by atoms with Crippen LogP contribution in [0.15, 0.2) is 79.4 Å². The van der Waals surface area contributed by atoms with Gasteiger partial charge in [0.1, 0.15) is 11.6 Å². The first kappa shape index (κ1) is 20.7. The van der Waals surface area contributed by atoms with E-state index in [2.05, 4.69) is 48.2 Å². The molecule has 1 heterocycles. The summed E-state index contributed by atoms with van der Waals surface area (Å²) in [5.74, 6) is 1.60. The van der Waals surface area contributed by atoms with Gasteiger partial charge in [0.05, 0.1) is 6.10 Å². The number of ether oxygens (including phenoxy) is 1. The molecule has 0 fully saturated rings. The highest BCUT2D eigenvalue weighted by Gasteiger charge is 2.06. The van der Waals surface area contributed by atoms with Crippen LogP contribution in [-0.4, -0.2) is 11.1 Å². The Bertz CT molecular complexity index is 1070. The second kappa shape index (κ2) is 9.01. The molecule has 0 atom stereocenters. The zero-order chi connectivity index (χ0) is 21.0. The lowest BCUT2D eigenvalue weighted by Gasteiger charge is -2.13. The molecule has 0 spiro atoms. The van der Waals surface area contributed by atoms with E-state index >= 15 is 0 Å². The normalized spacial score (nSPS) is 10.8. The monoisotopic (exact) mass is 402 g/mol. The summed E-state index contributed by atoms with van der Waals surface area (Å²) in [7, 11) is 0. The van der Waals surface area contributed by atoms with Crippen molar-refractivity contribution >= 4 is 39.0 Å². The van der Waals surface area contributed by atoms with Gasteiger partial charge in [0.25, 0.3) is 0 Å². The molecular formula is C25H26N2OS. The van der Waals surface area contributed by atoms with Gasteiger partial charge in [-0.15, -0.1) is 0 Å². The highest BCUT2D eigenvalue weighted by molar-refractivity contribution is 8.11. The van der Waals surface area contributed by atoms with Gasteiger partial charge < -0.3 is 10.1 Å². The third-order valence-corrected chi connectivity index (χ3v) is 5.03. The molecule has 1 aromatic heterocycles. The van der Waals surface area contributed by atoms with Crippen molar-refractivity contribution in [3.05, 3.63) is 90.5 Å². The first-order valence-corrected chi connectivity index (χ1v) is 10.3. The molecular weight excluding hydrogens is 376 g/mol. The Labute approximate surface area is 177 Å². The lowest BCUT2D eigenvalue weighted by Crippen LogP contribution is -2.05. The van der Waals surface area contributed by atoms with E-state index in [1.807, 2.05) is 57.3 Å². The molecule has 0 bridgehead atoms. The van der Waals surface area contributed by atoms with Crippen LogP contribution in [0.3, 0.4) is 0 Å². The lowest BCUT2D eigenvalue weighted by molar-refractivity contribution is 0.242. The second-order valence-corrected chi connectivity index (χ2v) is 8.55. The first-order valence-electron chi connectivity index (χ1n) is 9.47. The van der Waals surface area contributed by atoms with Gasteiger partial charge in [-0.05, 0) is 78.6 Å². The van der Waals surface area contributed by atoms with Crippen molar-refractivity contribution in [3.63, 3.8) is 0 Å². The van der Waals surface area contributed by atoms with Crippen molar-refractivity contribution < 1.29 is 4.74 Å². The number of hydrogen-bond donors (Lipinski definition) is 1. The van der Waals surface area contributed by atoms with Crippen molar-refractivity contribution in [1.29, 1.82) is 0 Å². The summed E-state index contributed by atoms with van der Waals surface area (Å²) in [5, 5.41) is 5.47. The Kier molecular flexibility index (Phi) is 6.45. The number of rotatable bonds is 8. The lowest BCUT2D eigenvalue weighted by atomic mass is 10.1. The third-order valence-electron chi connectivity index (χ3n) is 4.19. The number of nitrogens with one attached hydrogen (secondary N) is 1. The fourth-order valence-electron chi connectivity index (χ4n) is 2.89. The number of hydrogen-bond acceptors (Lipinski definition) is 4. The topological polar surface area (TPSA) is 34.2 Å². The molecule has 0 amide bonds. The summed E-state index contributed by atoms with van der Waals surface area (Å²) >= 11 is 1.59. The number of fused-ring (bicyclic) bond motifs is 1. The van der Waals surface area contributed by atoms with Crippen LogP contribution in [0.4, 0.5) is 5.82 Å². The van der Waals surface area contributed by atoms with Gasteiger partial charge in [0, 0.05) is 22.2 Å². The van der Waals surface area contributed by atoms with Crippen LogP contribution >= 0.6 is 11.8 Å². The molecule has 3 nitrogen and oxygen atoms in total. The minimum atomic E-state index is 0.152. The maximum Gasteiger partial charge on any atom is 0.130 e. The van der Waals surface area contributed by atoms with E-state index in [-0.39, 0.29) is 6.10 Å². The molecule has 0 saturated heterocycles. The summed E-state index contributed by atoms with van der Waals surface area (Å²) < 4.78 is 5.69. The molecule has 1 N–H and O–H groups in total. The Morgan fingerprint density at radius 2 is 1.66 bits per heavy atom. The standard InChI is InChI=1S/C25H26N2OS/c1-16(2)28-24-11-9-20(10-12-24)18(5)27-25-14-23-13-21(19(6)29-17(3)4)7-8-22(23)15-26-25/h7-16H,3,5-6H2,1-2,4H3,(H,26,27).